The van der Waals surface area contributed by atoms with Crippen LogP contribution in [0, 0.1) is 12.8 Å². The van der Waals surface area contributed by atoms with Gasteiger partial charge in [0, 0.05) is 30.1 Å². The van der Waals surface area contributed by atoms with Crippen molar-refractivity contribution in [2.24, 2.45) is 10.3 Å². The maximum absolute atomic E-state index is 13.3. The van der Waals surface area contributed by atoms with Crippen molar-refractivity contribution in [3.8, 4) is 0 Å². The van der Waals surface area contributed by atoms with E-state index < -0.39 is 15.3 Å². The Labute approximate surface area is 184 Å². The van der Waals surface area contributed by atoms with Crippen molar-refractivity contribution in [2.75, 3.05) is 18.1 Å². The standard InChI is InChI=1S/C23H32N2O5S/c1-17-8-9-20(30-17)22(27)24-19-10-13-29-23(16-19)11-14-31(28,15-12-23)25-21(26)18-6-4-2-3-5-7-18/h2-3,8-9,18-19H,4-7,10-16H2,1H3,(H,24,27). The van der Waals surface area contributed by atoms with Crippen molar-refractivity contribution in [1.82, 2.24) is 5.32 Å². The molecule has 7 nitrogen and oxygen atoms in total. The number of allylic oxidation sites excluding steroid dienone is 2. The Morgan fingerprint density at radius 3 is 2.48 bits per heavy atom. The van der Waals surface area contributed by atoms with Crippen LogP contribution in [0.25, 0.3) is 0 Å². The average molecular weight is 449 g/mol. The molecule has 8 heteroatoms. The van der Waals surface area contributed by atoms with Gasteiger partial charge in [0.2, 0.25) is 0 Å². The van der Waals surface area contributed by atoms with Crippen LogP contribution in [0.2, 0.25) is 0 Å². The molecule has 31 heavy (non-hydrogen) atoms. The Morgan fingerprint density at radius 2 is 1.84 bits per heavy atom. The predicted octanol–water partition coefficient (Wildman–Crippen LogP) is 3.77. The number of nitrogens with one attached hydrogen (secondary N) is 1. The van der Waals surface area contributed by atoms with Crippen LogP contribution in [0.3, 0.4) is 0 Å². The summed E-state index contributed by atoms with van der Waals surface area (Å²) in [5.74, 6) is 1.26. The van der Waals surface area contributed by atoms with E-state index in [1.54, 1.807) is 12.1 Å². The van der Waals surface area contributed by atoms with Gasteiger partial charge in [-0.05, 0) is 70.4 Å². The smallest absolute Gasteiger partial charge is 0.287 e. The minimum absolute atomic E-state index is 0.0159. The second-order valence-electron chi connectivity index (χ2n) is 9.04. The molecule has 0 aromatic carbocycles. The second kappa shape index (κ2) is 9.28. The van der Waals surface area contributed by atoms with Crippen molar-refractivity contribution in [2.45, 2.75) is 69.9 Å². The van der Waals surface area contributed by atoms with Gasteiger partial charge in [0.15, 0.2) is 5.76 Å². The van der Waals surface area contributed by atoms with E-state index in [0.29, 0.717) is 48.9 Å². The van der Waals surface area contributed by atoms with Gasteiger partial charge in [-0.2, -0.15) is 4.36 Å². The van der Waals surface area contributed by atoms with Crippen LogP contribution < -0.4 is 5.32 Å². The van der Waals surface area contributed by atoms with Crippen LogP contribution in [0.4, 0.5) is 0 Å². The number of amides is 2. The van der Waals surface area contributed by atoms with Crippen LogP contribution in [-0.2, 0) is 19.3 Å². The van der Waals surface area contributed by atoms with Crippen molar-refractivity contribution < 1.29 is 23.0 Å². The molecule has 0 bridgehead atoms. The maximum atomic E-state index is 13.3. The third-order valence-corrected chi connectivity index (χ3v) is 8.88. The molecule has 1 atom stereocenters. The highest BCUT2D eigenvalue weighted by atomic mass is 32.2. The van der Waals surface area contributed by atoms with Crippen LogP contribution >= 0.6 is 0 Å². The molecule has 1 N–H and O–H groups in total. The lowest BCUT2D eigenvalue weighted by Crippen LogP contribution is -2.51. The van der Waals surface area contributed by atoms with E-state index >= 15 is 0 Å². The van der Waals surface area contributed by atoms with Gasteiger partial charge < -0.3 is 14.5 Å². The van der Waals surface area contributed by atoms with Crippen LogP contribution in [-0.4, -0.2) is 45.8 Å². The van der Waals surface area contributed by atoms with Crippen molar-refractivity contribution >= 4 is 21.5 Å². The third kappa shape index (κ3) is 5.47. The number of carbonyl (C=O) groups is 2. The number of aryl methyl sites for hydroxylation is 1. The molecular formula is C23H32N2O5S. The molecule has 3 heterocycles. The Morgan fingerprint density at radius 1 is 1.13 bits per heavy atom. The summed E-state index contributed by atoms with van der Waals surface area (Å²) in [5.41, 5.74) is -0.402. The zero-order valence-electron chi connectivity index (χ0n) is 18.1. The molecule has 1 aromatic heterocycles. The molecule has 0 radical (unpaired) electrons. The fourth-order valence-corrected chi connectivity index (χ4v) is 7.03. The maximum Gasteiger partial charge on any atom is 0.287 e. The molecule has 170 valence electrons. The number of carbonyl (C=O) groups excluding carboxylic acids is 2. The molecule has 4 rings (SSSR count). The van der Waals surface area contributed by atoms with E-state index in [9.17, 15) is 13.8 Å². The molecule has 1 unspecified atom stereocenters. The minimum atomic E-state index is -2.53. The number of hydrogen-bond acceptors (Lipinski definition) is 5. The Balaban J connectivity index is 1.35. The fourth-order valence-electron chi connectivity index (χ4n) is 4.78. The molecule has 1 spiro atoms. The Hall–Kier alpha value is -1.93. The molecule has 2 saturated heterocycles. The Kier molecular flexibility index (Phi) is 6.67. The summed E-state index contributed by atoms with van der Waals surface area (Å²) in [6, 6.07) is 3.44. The quantitative estimate of drug-likeness (QED) is 0.710. The highest BCUT2D eigenvalue weighted by molar-refractivity contribution is 7.93. The summed E-state index contributed by atoms with van der Waals surface area (Å²) in [6.45, 7) is 2.36. The first-order valence-corrected chi connectivity index (χ1v) is 13.1. The first-order chi connectivity index (χ1) is 14.9. The van der Waals surface area contributed by atoms with E-state index in [0.717, 1.165) is 32.1 Å². The number of furan rings is 1. The summed E-state index contributed by atoms with van der Waals surface area (Å²) in [6.07, 6.45) is 10.2. The van der Waals surface area contributed by atoms with Gasteiger partial charge in [-0.25, -0.2) is 4.21 Å². The summed E-state index contributed by atoms with van der Waals surface area (Å²) in [4.78, 5) is 25.1. The van der Waals surface area contributed by atoms with E-state index in [4.69, 9.17) is 9.15 Å². The molecule has 1 aromatic rings. The van der Waals surface area contributed by atoms with Crippen LogP contribution in [0.15, 0.2) is 33.1 Å². The zero-order chi connectivity index (χ0) is 21.9. The minimum Gasteiger partial charge on any atom is -0.456 e. The lowest BCUT2D eigenvalue weighted by molar-refractivity contribution is -0.121. The van der Waals surface area contributed by atoms with E-state index in [1.165, 1.54) is 0 Å². The summed E-state index contributed by atoms with van der Waals surface area (Å²) in [5, 5.41) is 3.05. The SMILES string of the molecule is Cc1ccc(C(=O)NC2CCOC3(CCS(=O)(=NC(=O)C4CCC=CCC4)CC3)C2)o1. The molecule has 2 fully saturated rings. The molecule has 1 aliphatic carbocycles. The van der Waals surface area contributed by atoms with E-state index in [-0.39, 0.29) is 23.8 Å². The van der Waals surface area contributed by atoms with Gasteiger partial charge in [-0.3, -0.25) is 9.59 Å². The molecule has 0 saturated carbocycles. The predicted molar refractivity (Wildman–Crippen MR) is 118 cm³/mol. The lowest BCUT2D eigenvalue weighted by Gasteiger charge is -2.44. The first kappa shape index (κ1) is 22.3. The number of rotatable bonds is 3. The topological polar surface area (TPSA) is 98.0 Å². The van der Waals surface area contributed by atoms with Gasteiger partial charge in [-0.1, -0.05) is 12.2 Å². The normalized spacial score (nSPS) is 31.8. The monoisotopic (exact) mass is 448 g/mol. The second-order valence-corrected chi connectivity index (χ2v) is 11.6. The van der Waals surface area contributed by atoms with Gasteiger partial charge in [-0.15, -0.1) is 0 Å². The van der Waals surface area contributed by atoms with Gasteiger partial charge in [0.1, 0.15) is 5.76 Å². The largest absolute Gasteiger partial charge is 0.456 e. The van der Waals surface area contributed by atoms with Crippen molar-refractivity contribution in [3.05, 3.63) is 35.8 Å². The first-order valence-electron chi connectivity index (χ1n) is 11.3. The van der Waals surface area contributed by atoms with Gasteiger partial charge in [0.25, 0.3) is 11.8 Å². The molecule has 2 aliphatic heterocycles. The van der Waals surface area contributed by atoms with Crippen molar-refractivity contribution in [1.29, 1.82) is 0 Å². The number of nitrogens with zero attached hydrogens (tertiary/aromatic N) is 1. The molecular weight excluding hydrogens is 416 g/mol. The number of ether oxygens (including phenoxy) is 1. The van der Waals surface area contributed by atoms with E-state index in [2.05, 4.69) is 21.8 Å². The fraction of sp³-hybridized carbons (Fsp3) is 0.652. The van der Waals surface area contributed by atoms with Crippen LogP contribution in [0.1, 0.15) is 67.7 Å². The summed E-state index contributed by atoms with van der Waals surface area (Å²) >= 11 is 0. The average Bonchev–Trinajstić information content (AvgIpc) is 3.00. The zero-order valence-corrected chi connectivity index (χ0v) is 19.0. The molecule has 2 amide bonds. The number of hydrogen-bond donors (Lipinski definition) is 1. The van der Waals surface area contributed by atoms with E-state index in [1.807, 2.05) is 6.92 Å². The Bertz CT molecular complexity index is 948. The van der Waals surface area contributed by atoms with Gasteiger partial charge in [0.05, 0.1) is 15.3 Å². The van der Waals surface area contributed by atoms with Crippen molar-refractivity contribution in [3.63, 3.8) is 0 Å². The third-order valence-electron chi connectivity index (χ3n) is 6.68. The van der Waals surface area contributed by atoms with Crippen LogP contribution in [0.5, 0.6) is 0 Å². The lowest BCUT2D eigenvalue weighted by atomic mass is 9.85. The highest BCUT2D eigenvalue weighted by Crippen LogP contribution is 2.37. The van der Waals surface area contributed by atoms with Gasteiger partial charge >= 0.3 is 0 Å². The summed E-state index contributed by atoms with van der Waals surface area (Å²) < 4.78 is 29.1. The molecule has 3 aliphatic rings. The summed E-state index contributed by atoms with van der Waals surface area (Å²) in [7, 11) is -2.53. The highest BCUT2D eigenvalue weighted by Gasteiger charge is 2.42.